The van der Waals surface area contributed by atoms with E-state index in [0.29, 0.717) is 0 Å². The second-order valence-corrected chi connectivity index (χ2v) is 4.22. The highest BCUT2D eigenvalue weighted by Crippen LogP contribution is 2.18. The van der Waals surface area contributed by atoms with Gasteiger partial charge in [0.25, 0.3) is 5.91 Å². The number of esters is 1. The van der Waals surface area contributed by atoms with Gasteiger partial charge in [0.15, 0.2) is 6.10 Å². The number of halogens is 2. The Balaban J connectivity index is 2.01. The van der Waals surface area contributed by atoms with Crippen molar-refractivity contribution in [3.63, 3.8) is 0 Å². The SMILES string of the molecule is C[C@H](OC(=O)c1ccc[nH]1)C(=O)Nc1c(F)cccc1F. The highest BCUT2D eigenvalue weighted by atomic mass is 19.1. The minimum absolute atomic E-state index is 0.173. The van der Waals surface area contributed by atoms with E-state index in [0.717, 1.165) is 12.1 Å². The Bertz CT molecular complexity index is 636. The molecule has 7 heteroatoms. The van der Waals surface area contributed by atoms with Crippen LogP contribution in [0.2, 0.25) is 0 Å². The van der Waals surface area contributed by atoms with Crippen LogP contribution >= 0.6 is 0 Å². The fraction of sp³-hybridized carbons (Fsp3) is 0.143. The van der Waals surface area contributed by atoms with Crippen molar-refractivity contribution in [2.45, 2.75) is 13.0 Å². The van der Waals surface area contributed by atoms with Crippen LogP contribution in [-0.4, -0.2) is 23.0 Å². The maximum absolute atomic E-state index is 13.4. The number of para-hydroxylation sites is 1. The molecule has 0 saturated heterocycles. The molecule has 0 aliphatic heterocycles. The molecule has 1 aromatic heterocycles. The second-order valence-electron chi connectivity index (χ2n) is 4.22. The van der Waals surface area contributed by atoms with E-state index in [2.05, 4.69) is 10.3 Å². The Kier molecular flexibility index (Phi) is 4.32. The molecule has 110 valence electrons. The monoisotopic (exact) mass is 294 g/mol. The number of ether oxygens (including phenoxy) is 1. The molecule has 0 saturated carbocycles. The van der Waals surface area contributed by atoms with Crippen LogP contribution in [0.1, 0.15) is 17.4 Å². The minimum atomic E-state index is -1.21. The normalized spacial score (nSPS) is 11.8. The van der Waals surface area contributed by atoms with Gasteiger partial charge in [0.05, 0.1) is 0 Å². The van der Waals surface area contributed by atoms with E-state index < -0.39 is 35.3 Å². The van der Waals surface area contributed by atoms with Gasteiger partial charge in [0.2, 0.25) is 0 Å². The van der Waals surface area contributed by atoms with Gasteiger partial charge in [-0.05, 0) is 31.2 Å². The summed E-state index contributed by atoms with van der Waals surface area (Å²) in [7, 11) is 0. The number of hydrogen-bond acceptors (Lipinski definition) is 3. The molecule has 0 bridgehead atoms. The molecule has 1 atom stereocenters. The van der Waals surface area contributed by atoms with Gasteiger partial charge in [-0.3, -0.25) is 4.79 Å². The zero-order chi connectivity index (χ0) is 15.4. The van der Waals surface area contributed by atoms with Gasteiger partial charge >= 0.3 is 5.97 Å². The van der Waals surface area contributed by atoms with Crippen LogP contribution in [0.15, 0.2) is 36.5 Å². The van der Waals surface area contributed by atoms with Gasteiger partial charge in [-0.15, -0.1) is 0 Å². The summed E-state index contributed by atoms with van der Waals surface area (Å²) in [4.78, 5) is 26.0. The van der Waals surface area contributed by atoms with Gasteiger partial charge in [-0.1, -0.05) is 6.07 Å². The Morgan fingerprint density at radius 2 is 1.86 bits per heavy atom. The van der Waals surface area contributed by atoms with Crippen molar-refractivity contribution in [3.8, 4) is 0 Å². The lowest BCUT2D eigenvalue weighted by Gasteiger charge is -2.13. The van der Waals surface area contributed by atoms with Gasteiger partial charge in [-0.25, -0.2) is 13.6 Å². The summed E-state index contributed by atoms with van der Waals surface area (Å²) >= 11 is 0. The predicted molar refractivity (Wildman–Crippen MR) is 70.7 cm³/mol. The van der Waals surface area contributed by atoms with E-state index in [-0.39, 0.29) is 5.69 Å². The third kappa shape index (κ3) is 3.44. The maximum atomic E-state index is 13.4. The fourth-order valence-electron chi connectivity index (χ4n) is 1.58. The molecule has 1 aromatic carbocycles. The fourth-order valence-corrected chi connectivity index (χ4v) is 1.58. The minimum Gasteiger partial charge on any atom is -0.448 e. The van der Waals surface area contributed by atoms with E-state index in [1.165, 1.54) is 25.3 Å². The van der Waals surface area contributed by atoms with Crippen LogP contribution in [0, 0.1) is 11.6 Å². The largest absolute Gasteiger partial charge is 0.448 e. The van der Waals surface area contributed by atoms with Crippen LogP contribution in [0.3, 0.4) is 0 Å². The summed E-state index contributed by atoms with van der Waals surface area (Å²) in [6.07, 6.45) is 0.315. The third-order valence-corrected chi connectivity index (χ3v) is 2.68. The highest BCUT2D eigenvalue weighted by molar-refractivity contribution is 5.97. The summed E-state index contributed by atoms with van der Waals surface area (Å²) in [5, 5.41) is 2.05. The standard InChI is InChI=1S/C14H12F2N2O3/c1-8(21-14(20)11-6-3-7-17-11)13(19)18-12-9(15)4-2-5-10(12)16/h2-8,17H,1H3,(H,18,19)/t8-/m0/s1. The molecule has 2 rings (SSSR count). The molecule has 2 aromatic rings. The van der Waals surface area contributed by atoms with Crippen molar-refractivity contribution < 1.29 is 23.1 Å². The summed E-state index contributed by atoms with van der Waals surface area (Å²) in [5.74, 6) is -3.40. The molecule has 0 spiro atoms. The molecule has 1 heterocycles. The number of carbonyl (C=O) groups is 2. The van der Waals surface area contributed by atoms with E-state index >= 15 is 0 Å². The molecule has 5 nitrogen and oxygen atoms in total. The smallest absolute Gasteiger partial charge is 0.355 e. The number of rotatable bonds is 4. The quantitative estimate of drug-likeness (QED) is 0.851. The van der Waals surface area contributed by atoms with Crippen molar-refractivity contribution in [1.29, 1.82) is 0 Å². The van der Waals surface area contributed by atoms with Crippen LogP contribution < -0.4 is 5.32 Å². The van der Waals surface area contributed by atoms with Gasteiger partial charge < -0.3 is 15.0 Å². The molecule has 0 radical (unpaired) electrons. The average molecular weight is 294 g/mol. The zero-order valence-corrected chi connectivity index (χ0v) is 11.0. The van der Waals surface area contributed by atoms with Crippen LogP contribution in [-0.2, 0) is 9.53 Å². The first-order chi connectivity index (χ1) is 9.99. The van der Waals surface area contributed by atoms with Crippen molar-refractivity contribution in [2.75, 3.05) is 5.32 Å². The highest BCUT2D eigenvalue weighted by Gasteiger charge is 2.21. The first-order valence-corrected chi connectivity index (χ1v) is 6.08. The molecular weight excluding hydrogens is 282 g/mol. The third-order valence-electron chi connectivity index (χ3n) is 2.68. The maximum Gasteiger partial charge on any atom is 0.355 e. The number of aromatic amines is 1. The Morgan fingerprint density at radius 3 is 2.43 bits per heavy atom. The molecule has 1 amide bonds. The van der Waals surface area contributed by atoms with E-state index in [9.17, 15) is 18.4 Å². The topological polar surface area (TPSA) is 71.2 Å². The summed E-state index contributed by atoms with van der Waals surface area (Å²) in [6.45, 7) is 1.30. The average Bonchev–Trinajstić information content (AvgIpc) is 2.97. The zero-order valence-electron chi connectivity index (χ0n) is 11.0. The van der Waals surface area contributed by atoms with Crippen molar-refractivity contribution in [3.05, 3.63) is 53.9 Å². The summed E-state index contributed by atoms with van der Waals surface area (Å²) < 4.78 is 31.7. The van der Waals surface area contributed by atoms with Crippen molar-refractivity contribution >= 4 is 17.6 Å². The number of benzene rings is 1. The number of amides is 1. The van der Waals surface area contributed by atoms with E-state index in [1.54, 1.807) is 6.07 Å². The predicted octanol–water partition coefficient (Wildman–Crippen LogP) is 2.48. The van der Waals surface area contributed by atoms with Crippen LogP contribution in [0.25, 0.3) is 0 Å². The first-order valence-electron chi connectivity index (χ1n) is 6.08. The van der Waals surface area contributed by atoms with Crippen molar-refractivity contribution in [1.82, 2.24) is 4.98 Å². The van der Waals surface area contributed by atoms with Gasteiger partial charge in [-0.2, -0.15) is 0 Å². The van der Waals surface area contributed by atoms with Crippen LogP contribution in [0.4, 0.5) is 14.5 Å². The molecule has 0 aliphatic rings. The van der Waals surface area contributed by atoms with Gasteiger partial charge in [0.1, 0.15) is 23.0 Å². The van der Waals surface area contributed by atoms with Gasteiger partial charge in [0, 0.05) is 6.20 Å². The molecule has 0 aliphatic carbocycles. The molecule has 0 unspecified atom stereocenters. The molecular formula is C14H12F2N2O3. The Morgan fingerprint density at radius 1 is 1.19 bits per heavy atom. The lowest BCUT2D eigenvalue weighted by Crippen LogP contribution is -2.30. The van der Waals surface area contributed by atoms with E-state index in [4.69, 9.17) is 4.74 Å². The number of anilines is 1. The number of H-pyrrole nitrogens is 1. The second kappa shape index (κ2) is 6.17. The van der Waals surface area contributed by atoms with Crippen molar-refractivity contribution in [2.24, 2.45) is 0 Å². The lowest BCUT2D eigenvalue weighted by molar-refractivity contribution is -0.123. The number of nitrogens with one attached hydrogen (secondary N) is 2. The molecule has 21 heavy (non-hydrogen) atoms. The lowest BCUT2D eigenvalue weighted by atomic mass is 10.2. The summed E-state index contributed by atoms with van der Waals surface area (Å²) in [5.41, 5.74) is -0.406. The van der Waals surface area contributed by atoms with Crippen LogP contribution in [0.5, 0.6) is 0 Å². The number of hydrogen-bond donors (Lipinski definition) is 2. The van der Waals surface area contributed by atoms with E-state index in [1.807, 2.05) is 0 Å². The number of aromatic nitrogens is 1. The first kappa shape index (κ1) is 14.7. The molecule has 0 fully saturated rings. The summed E-state index contributed by atoms with van der Waals surface area (Å²) in [6, 6.07) is 6.26. The Labute approximate surface area is 118 Å². The molecule has 2 N–H and O–H groups in total. The Hall–Kier alpha value is -2.70. The number of carbonyl (C=O) groups excluding carboxylic acids is 2.